The third-order valence-corrected chi connectivity index (χ3v) is 3.18. The van der Waals surface area contributed by atoms with Gasteiger partial charge in [0.2, 0.25) is 0 Å². The van der Waals surface area contributed by atoms with Crippen molar-refractivity contribution in [2.45, 2.75) is 27.7 Å². The molecule has 0 unspecified atom stereocenters. The van der Waals surface area contributed by atoms with E-state index in [1.165, 1.54) is 4.68 Å². The molecule has 0 spiro atoms. The highest BCUT2D eigenvalue weighted by molar-refractivity contribution is 9.10. The molecule has 0 saturated carbocycles. The Bertz CT molecular complexity index is 405. The molecule has 3 nitrogen and oxygen atoms in total. The molecule has 1 heterocycles. The number of nitrogens with zero attached hydrogens (tertiary/aromatic N) is 2. The lowest BCUT2D eigenvalue weighted by Crippen LogP contribution is -2.11. The van der Waals surface area contributed by atoms with Gasteiger partial charge in [-0.2, -0.15) is 5.10 Å². The Labute approximate surface area is 98.3 Å². The average Bonchev–Trinajstić information content (AvgIpc) is 2.42. The van der Waals surface area contributed by atoms with Gasteiger partial charge in [-0.15, -0.1) is 0 Å². The molecule has 82 valence electrons. The van der Waals surface area contributed by atoms with Crippen molar-refractivity contribution in [3.63, 3.8) is 0 Å². The van der Waals surface area contributed by atoms with Gasteiger partial charge >= 0.3 is 0 Å². The van der Waals surface area contributed by atoms with Gasteiger partial charge in [-0.1, -0.05) is 19.9 Å². The molecule has 0 aromatic carbocycles. The van der Waals surface area contributed by atoms with E-state index in [1.54, 1.807) is 6.08 Å². The maximum Gasteiger partial charge on any atom is 0.270 e. The van der Waals surface area contributed by atoms with Crippen LogP contribution in [0.15, 0.2) is 16.6 Å². The summed E-state index contributed by atoms with van der Waals surface area (Å²) in [5, 5.41) is 4.16. The van der Waals surface area contributed by atoms with Crippen molar-refractivity contribution in [1.82, 2.24) is 9.78 Å². The fourth-order valence-electron chi connectivity index (χ4n) is 1.18. The summed E-state index contributed by atoms with van der Waals surface area (Å²) in [5.74, 6) is 0.268. The monoisotopic (exact) mass is 270 g/mol. The average molecular weight is 271 g/mol. The van der Waals surface area contributed by atoms with Crippen LogP contribution in [0.1, 0.15) is 30.0 Å². The zero-order valence-electron chi connectivity index (χ0n) is 9.41. The minimum absolute atomic E-state index is 0.102. The first-order valence-electron chi connectivity index (χ1n) is 4.87. The molecule has 0 amide bonds. The first kappa shape index (κ1) is 12.2. The first-order valence-corrected chi connectivity index (χ1v) is 5.67. The standard InChI is InChI=1S/C11H15BrN2O/c1-7(2)5-6-10(15)14-9(4)11(12)8(3)13-14/h5-7H,1-4H3/b6-5+. The quantitative estimate of drug-likeness (QED) is 0.774. The number of allylic oxidation sites excluding steroid dienone is 2. The van der Waals surface area contributed by atoms with Crippen LogP contribution in [0.4, 0.5) is 0 Å². The van der Waals surface area contributed by atoms with E-state index in [0.29, 0.717) is 5.92 Å². The van der Waals surface area contributed by atoms with E-state index in [0.717, 1.165) is 15.9 Å². The van der Waals surface area contributed by atoms with Gasteiger partial charge in [0, 0.05) is 6.08 Å². The Balaban J connectivity index is 2.97. The van der Waals surface area contributed by atoms with Crippen LogP contribution in [-0.4, -0.2) is 15.7 Å². The molecule has 0 N–H and O–H groups in total. The van der Waals surface area contributed by atoms with Crippen LogP contribution in [0, 0.1) is 19.8 Å². The van der Waals surface area contributed by atoms with Gasteiger partial charge in [0.1, 0.15) is 0 Å². The molecule has 1 aromatic heterocycles. The Morgan fingerprint density at radius 3 is 2.47 bits per heavy atom. The largest absolute Gasteiger partial charge is 0.270 e. The number of rotatable bonds is 2. The van der Waals surface area contributed by atoms with Crippen molar-refractivity contribution in [3.05, 3.63) is 28.0 Å². The summed E-state index contributed by atoms with van der Waals surface area (Å²) in [4.78, 5) is 11.7. The lowest BCUT2D eigenvalue weighted by molar-refractivity contribution is 0.0951. The minimum atomic E-state index is -0.102. The summed E-state index contributed by atoms with van der Waals surface area (Å²) in [7, 11) is 0. The SMILES string of the molecule is Cc1nn(C(=O)/C=C/C(C)C)c(C)c1Br. The highest BCUT2D eigenvalue weighted by atomic mass is 79.9. The topological polar surface area (TPSA) is 34.9 Å². The van der Waals surface area contributed by atoms with Gasteiger partial charge < -0.3 is 0 Å². The molecular formula is C11H15BrN2O. The highest BCUT2D eigenvalue weighted by Gasteiger charge is 2.12. The predicted molar refractivity (Wildman–Crippen MR) is 64.0 cm³/mol. The van der Waals surface area contributed by atoms with Crippen LogP contribution in [0.3, 0.4) is 0 Å². The molecule has 1 rings (SSSR count). The molecule has 0 aliphatic rings. The fourth-order valence-corrected chi connectivity index (χ4v) is 1.43. The van der Waals surface area contributed by atoms with Crippen LogP contribution in [0.5, 0.6) is 0 Å². The van der Waals surface area contributed by atoms with E-state index in [9.17, 15) is 4.79 Å². The molecule has 0 radical (unpaired) electrons. The second kappa shape index (κ2) is 4.75. The van der Waals surface area contributed by atoms with Crippen molar-refractivity contribution < 1.29 is 4.79 Å². The van der Waals surface area contributed by atoms with Gasteiger partial charge in [0.05, 0.1) is 15.9 Å². The third kappa shape index (κ3) is 2.78. The first-order chi connectivity index (χ1) is 6.93. The zero-order chi connectivity index (χ0) is 11.6. The maximum atomic E-state index is 11.7. The normalized spacial score (nSPS) is 11.6. The summed E-state index contributed by atoms with van der Waals surface area (Å²) < 4.78 is 2.31. The van der Waals surface area contributed by atoms with Crippen molar-refractivity contribution in [2.24, 2.45) is 5.92 Å². The number of hydrogen-bond donors (Lipinski definition) is 0. The Morgan fingerprint density at radius 1 is 1.47 bits per heavy atom. The molecule has 1 aromatic rings. The molecule has 0 atom stereocenters. The summed E-state index contributed by atoms with van der Waals surface area (Å²) in [6.45, 7) is 7.79. The summed E-state index contributed by atoms with van der Waals surface area (Å²) >= 11 is 3.39. The van der Waals surface area contributed by atoms with Crippen LogP contribution in [-0.2, 0) is 0 Å². The lowest BCUT2D eigenvalue weighted by Gasteiger charge is -1.98. The molecular weight excluding hydrogens is 256 g/mol. The van der Waals surface area contributed by atoms with Gasteiger partial charge in [0.25, 0.3) is 5.91 Å². The molecule has 0 bridgehead atoms. The number of halogens is 1. The highest BCUT2D eigenvalue weighted by Crippen LogP contribution is 2.19. The number of aromatic nitrogens is 2. The van der Waals surface area contributed by atoms with Crippen LogP contribution < -0.4 is 0 Å². The van der Waals surface area contributed by atoms with Crippen molar-refractivity contribution in [1.29, 1.82) is 0 Å². The fraction of sp³-hybridized carbons (Fsp3) is 0.455. The Hall–Kier alpha value is -0.900. The zero-order valence-corrected chi connectivity index (χ0v) is 11.0. The van der Waals surface area contributed by atoms with E-state index >= 15 is 0 Å². The molecule has 15 heavy (non-hydrogen) atoms. The van der Waals surface area contributed by atoms with E-state index in [1.807, 2.05) is 33.8 Å². The second-order valence-electron chi connectivity index (χ2n) is 3.84. The van der Waals surface area contributed by atoms with Crippen molar-refractivity contribution >= 4 is 21.8 Å². The predicted octanol–water partition coefficient (Wildman–Crippen LogP) is 3.11. The molecule has 4 heteroatoms. The summed E-state index contributed by atoms with van der Waals surface area (Å²) in [6, 6.07) is 0. The van der Waals surface area contributed by atoms with Gasteiger partial charge in [0.15, 0.2) is 0 Å². The Kier molecular flexibility index (Phi) is 3.85. The summed E-state index contributed by atoms with van der Waals surface area (Å²) in [5.41, 5.74) is 1.67. The third-order valence-electron chi connectivity index (χ3n) is 2.04. The van der Waals surface area contributed by atoms with Crippen molar-refractivity contribution in [2.75, 3.05) is 0 Å². The summed E-state index contributed by atoms with van der Waals surface area (Å²) in [6.07, 6.45) is 3.43. The lowest BCUT2D eigenvalue weighted by atomic mass is 10.2. The van der Waals surface area contributed by atoms with E-state index < -0.39 is 0 Å². The Morgan fingerprint density at radius 2 is 2.07 bits per heavy atom. The molecule has 0 aliphatic carbocycles. The van der Waals surface area contributed by atoms with Crippen LogP contribution >= 0.6 is 15.9 Å². The second-order valence-corrected chi connectivity index (χ2v) is 4.63. The maximum absolute atomic E-state index is 11.7. The number of carbonyl (C=O) groups excluding carboxylic acids is 1. The van der Waals surface area contributed by atoms with E-state index in [-0.39, 0.29) is 5.91 Å². The molecule has 0 saturated heterocycles. The van der Waals surface area contributed by atoms with Gasteiger partial charge in [-0.25, -0.2) is 4.68 Å². The number of carbonyl (C=O) groups is 1. The molecule has 0 fully saturated rings. The molecule has 0 aliphatic heterocycles. The van der Waals surface area contributed by atoms with Crippen molar-refractivity contribution in [3.8, 4) is 0 Å². The number of aryl methyl sites for hydroxylation is 1. The smallest absolute Gasteiger partial charge is 0.267 e. The van der Waals surface area contributed by atoms with E-state index in [2.05, 4.69) is 21.0 Å². The van der Waals surface area contributed by atoms with E-state index in [4.69, 9.17) is 0 Å². The minimum Gasteiger partial charge on any atom is -0.267 e. The van der Waals surface area contributed by atoms with Crippen LogP contribution in [0.2, 0.25) is 0 Å². The van der Waals surface area contributed by atoms with Gasteiger partial charge in [-0.3, -0.25) is 4.79 Å². The van der Waals surface area contributed by atoms with Crippen LogP contribution in [0.25, 0.3) is 0 Å². The number of hydrogen-bond acceptors (Lipinski definition) is 2. The van der Waals surface area contributed by atoms with Gasteiger partial charge in [-0.05, 0) is 35.7 Å².